The summed E-state index contributed by atoms with van der Waals surface area (Å²) in [6, 6.07) is 10.1. The molecule has 2 aromatic rings. The van der Waals surface area contributed by atoms with Crippen molar-refractivity contribution in [3.05, 3.63) is 52.2 Å². The molecule has 1 amide bonds. The predicted molar refractivity (Wildman–Crippen MR) is 84.0 cm³/mol. The molecule has 0 spiro atoms. The van der Waals surface area contributed by atoms with Crippen LogP contribution in [0.4, 0.5) is 0 Å². The van der Waals surface area contributed by atoms with Gasteiger partial charge in [0.2, 0.25) is 0 Å². The largest absolute Gasteiger partial charge is 0.487 e. The fraction of sp³-hybridized carbons (Fsp3) is 0.250. The first-order chi connectivity index (χ1) is 10.6. The summed E-state index contributed by atoms with van der Waals surface area (Å²) in [5.74, 6) is -0.393. The lowest BCUT2D eigenvalue weighted by Crippen LogP contribution is -2.39. The van der Waals surface area contributed by atoms with Crippen LogP contribution in [0.1, 0.15) is 22.2 Å². The third-order valence-electron chi connectivity index (χ3n) is 2.98. The molecule has 1 atom stereocenters. The Morgan fingerprint density at radius 1 is 1.23 bits per heavy atom. The van der Waals surface area contributed by atoms with Crippen LogP contribution < -0.4 is 10.1 Å². The predicted octanol–water partition coefficient (Wildman–Crippen LogP) is 2.62. The van der Waals surface area contributed by atoms with Crippen molar-refractivity contribution in [3.8, 4) is 5.75 Å². The Balaban J connectivity index is 2.06. The van der Waals surface area contributed by atoms with E-state index in [1.807, 2.05) is 17.5 Å². The molecule has 22 heavy (non-hydrogen) atoms. The number of thiophene rings is 1. The third-order valence-corrected chi connectivity index (χ3v) is 3.83. The number of esters is 1. The normalized spacial score (nSPS) is 11.5. The van der Waals surface area contributed by atoms with Gasteiger partial charge in [0.15, 0.2) is 0 Å². The van der Waals surface area contributed by atoms with Gasteiger partial charge in [-0.05, 0) is 30.5 Å². The second kappa shape index (κ2) is 7.61. The third kappa shape index (κ3) is 4.08. The van der Waals surface area contributed by atoms with Gasteiger partial charge >= 0.3 is 5.97 Å². The number of amides is 1. The van der Waals surface area contributed by atoms with Gasteiger partial charge in [-0.2, -0.15) is 0 Å². The zero-order chi connectivity index (χ0) is 15.9. The number of carbonyl (C=O) groups excluding carboxylic acids is 2. The summed E-state index contributed by atoms with van der Waals surface area (Å²) in [6.45, 7) is 1.97. The minimum Gasteiger partial charge on any atom is -0.487 e. The molecule has 0 unspecified atom stereocenters. The molecule has 0 fully saturated rings. The molecule has 0 saturated carbocycles. The molecule has 0 aliphatic carbocycles. The molecule has 116 valence electrons. The van der Waals surface area contributed by atoms with Crippen LogP contribution in [0.2, 0.25) is 0 Å². The first-order valence-corrected chi connectivity index (χ1v) is 7.62. The molecule has 0 bridgehead atoms. The smallest absolute Gasteiger partial charge is 0.328 e. The zero-order valence-electron chi connectivity index (χ0n) is 12.4. The molecule has 1 N–H and O–H groups in total. The highest BCUT2D eigenvalue weighted by Crippen LogP contribution is 2.20. The maximum absolute atomic E-state index is 12.3. The van der Waals surface area contributed by atoms with Crippen LogP contribution in [0.15, 0.2) is 41.8 Å². The lowest BCUT2D eigenvalue weighted by molar-refractivity contribution is -0.142. The fourth-order valence-electron chi connectivity index (χ4n) is 1.83. The van der Waals surface area contributed by atoms with Crippen molar-refractivity contribution >= 4 is 23.2 Å². The summed E-state index contributed by atoms with van der Waals surface area (Å²) in [7, 11) is 1.28. The lowest BCUT2D eigenvalue weighted by atomic mass is 10.1. The highest BCUT2D eigenvalue weighted by molar-refractivity contribution is 7.09. The van der Waals surface area contributed by atoms with Gasteiger partial charge in [-0.15, -0.1) is 11.3 Å². The van der Waals surface area contributed by atoms with Gasteiger partial charge in [-0.1, -0.05) is 18.2 Å². The van der Waals surface area contributed by atoms with Gasteiger partial charge in [-0.3, -0.25) is 4.79 Å². The average molecular weight is 319 g/mol. The Bertz CT molecular complexity index is 639. The number of rotatable bonds is 6. The number of hydrogen-bond acceptors (Lipinski definition) is 5. The lowest BCUT2D eigenvalue weighted by Gasteiger charge is -2.14. The van der Waals surface area contributed by atoms with E-state index < -0.39 is 12.0 Å². The van der Waals surface area contributed by atoms with E-state index in [1.54, 1.807) is 42.5 Å². The molecular weight excluding hydrogens is 302 g/mol. The zero-order valence-corrected chi connectivity index (χ0v) is 13.2. The van der Waals surface area contributed by atoms with Crippen LogP contribution in [-0.4, -0.2) is 25.0 Å². The quantitative estimate of drug-likeness (QED) is 0.831. The van der Waals surface area contributed by atoms with Crippen LogP contribution >= 0.6 is 11.3 Å². The minimum absolute atomic E-state index is 0.375. The van der Waals surface area contributed by atoms with Gasteiger partial charge in [0.1, 0.15) is 18.4 Å². The molecule has 0 aliphatic heterocycles. The van der Waals surface area contributed by atoms with E-state index in [4.69, 9.17) is 4.74 Å². The summed E-state index contributed by atoms with van der Waals surface area (Å²) in [4.78, 5) is 24.7. The molecule has 0 radical (unpaired) electrons. The van der Waals surface area contributed by atoms with Gasteiger partial charge in [0.25, 0.3) is 5.91 Å². The van der Waals surface area contributed by atoms with Crippen molar-refractivity contribution < 1.29 is 19.1 Å². The Morgan fingerprint density at radius 3 is 2.68 bits per heavy atom. The summed E-state index contributed by atoms with van der Waals surface area (Å²) >= 11 is 1.59. The highest BCUT2D eigenvalue weighted by atomic mass is 32.1. The van der Waals surface area contributed by atoms with Crippen LogP contribution in [0.3, 0.4) is 0 Å². The summed E-state index contributed by atoms with van der Waals surface area (Å²) in [5.41, 5.74) is 0.384. The number of nitrogens with one attached hydrogen (secondary N) is 1. The van der Waals surface area contributed by atoms with Crippen LogP contribution in [0, 0.1) is 0 Å². The molecule has 0 aliphatic rings. The van der Waals surface area contributed by atoms with Gasteiger partial charge in [-0.25, -0.2) is 4.79 Å². The number of carbonyl (C=O) groups is 2. The van der Waals surface area contributed by atoms with Gasteiger partial charge < -0.3 is 14.8 Å². The van der Waals surface area contributed by atoms with E-state index in [2.05, 4.69) is 10.1 Å². The van der Waals surface area contributed by atoms with Crippen molar-refractivity contribution in [1.82, 2.24) is 5.32 Å². The number of ether oxygens (including phenoxy) is 2. The summed E-state index contributed by atoms with van der Waals surface area (Å²) < 4.78 is 10.3. The van der Waals surface area contributed by atoms with E-state index in [0.717, 1.165) is 4.88 Å². The Labute approximate surface area is 132 Å². The van der Waals surface area contributed by atoms with Crippen molar-refractivity contribution in [2.45, 2.75) is 19.6 Å². The molecular formula is C16H17NO4S. The number of hydrogen-bond donors (Lipinski definition) is 1. The standard InChI is InChI=1S/C16H17NO4S/c1-11(16(19)20-2)17-15(18)13-7-3-4-8-14(13)21-10-12-6-5-9-22-12/h3-9,11H,10H2,1-2H3,(H,17,18)/t11-/m0/s1. The van der Waals surface area contributed by atoms with E-state index in [1.165, 1.54) is 7.11 Å². The number of para-hydroxylation sites is 1. The molecule has 0 saturated heterocycles. The van der Waals surface area contributed by atoms with E-state index in [-0.39, 0.29) is 5.91 Å². The van der Waals surface area contributed by atoms with Crippen molar-refractivity contribution in [3.63, 3.8) is 0 Å². The Morgan fingerprint density at radius 2 is 2.00 bits per heavy atom. The Hall–Kier alpha value is -2.34. The van der Waals surface area contributed by atoms with Crippen LogP contribution in [0.25, 0.3) is 0 Å². The first kappa shape index (κ1) is 16.0. The fourth-order valence-corrected chi connectivity index (χ4v) is 2.45. The molecule has 1 aromatic heterocycles. The van der Waals surface area contributed by atoms with Gasteiger partial charge in [0.05, 0.1) is 12.7 Å². The van der Waals surface area contributed by atoms with Crippen LogP contribution in [0.5, 0.6) is 5.75 Å². The minimum atomic E-state index is -0.720. The highest BCUT2D eigenvalue weighted by Gasteiger charge is 2.19. The van der Waals surface area contributed by atoms with Gasteiger partial charge in [0, 0.05) is 4.88 Å². The monoisotopic (exact) mass is 319 g/mol. The number of benzene rings is 1. The molecule has 2 rings (SSSR count). The molecule has 1 heterocycles. The van der Waals surface area contributed by atoms with Crippen molar-refractivity contribution in [2.24, 2.45) is 0 Å². The maximum atomic E-state index is 12.3. The Kier molecular flexibility index (Phi) is 5.55. The first-order valence-electron chi connectivity index (χ1n) is 6.74. The number of methoxy groups -OCH3 is 1. The summed E-state index contributed by atoms with van der Waals surface area (Å²) in [5, 5.41) is 4.56. The average Bonchev–Trinajstić information content (AvgIpc) is 3.05. The maximum Gasteiger partial charge on any atom is 0.328 e. The van der Waals surface area contributed by atoms with E-state index >= 15 is 0 Å². The topological polar surface area (TPSA) is 64.6 Å². The van der Waals surface area contributed by atoms with E-state index in [9.17, 15) is 9.59 Å². The molecule has 1 aromatic carbocycles. The molecule has 5 nitrogen and oxygen atoms in total. The summed E-state index contributed by atoms with van der Waals surface area (Å²) in [6.07, 6.45) is 0. The van der Waals surface area contributed by atoms with Crippen molar-refractivity contribution in [1.29, 1.82) is 0 Å². The SMILES string of the molecule is COC(=O)[C@H](C)NC(=O)c1ccccc1OCc1cccs1. The second-order valence-corrected chi connectivity index (χ2v) is 5.61. The van der Waals surface area contributed by atoms with Crippen molar-refractivity contribution in [2.75, 3.05) is 7.11 Å². The second-order valence-electron chi connectivity index (χ2n) is 4.58. The van der Waals surface area contributed by atoms with E-state index in [0.29, 0.717) is 17.9 Å². The molecule has 6 heteroatoms. The van der Waals surface area contributed by atoms with Crippen LogP contribution in [-0.2, 0) is 16.1 Å².